The molecule has 0 amide bonds. The molecule has 0 spiro atoms. The number of anilines is 1. The van der Waals surface area contributed by atoms with Gasteiger partial charge in [-0.25, -0.2) is 0 Å². The molecule has 4 nitrogen and oxygen atoms in total. The number of nitrogens with zero attached hydrogens (tertiary/aromatic N) is 1. The summed E-state index contributed by atoms with van der Waals surface area (Å²) in [5.74, 6) is 0.762. The van der Waals surface area contributed by atoms with Crippen molar-refractivity contribution >= 4 is 27.2 Å². The molecule has 39 heavy (non-hydrogen) atoms. The molecule has 0 aromatic heterocycles. The van der Waals surface area contributed by atoms with Crippen LogP contribution in [0.25, 0.3) is 21.5 Å². The van der Waals surface area contributed by atoms with Crippen LogP contribution in [0.1, 0.15) is 46.7 Å². The Hall–Kier alpha value is -3.86. The third-order valence-corrected chi connectivity index (χ3v) is 8.79. The summed E-state index contributed by atoms with van der Waals surface area (Å²) < 4.78 is 5.72. The fourth-order valence-corrected chi connectivity index (χ4v) is 6.86. The number of aliphatic hydroxyl groups excluding tert-OH is 1. The number of hydrogen-bond donors (Lipinski definition) is 2. The van der Waals surface area contributed by atoms with Gasteiger partial charge >= 0.3 is 0 Å². The van der Waals surface area contributed by atoms with Crippen molar-refractivity contribution in [3.63, 3.8) is 0 Å². The Kier molecular flexibility index (Phi) is 6.22. The molecule has 0 bridgehead atoms. The van der Waals surface area contributed by atoms with E-state index in [0.29, 0.717) is 6.04 Å². The van der Waals surface area contributed by atoms with E-state index in [-0.39, 0.29) is 12.6 Å². The monoisotopic (exact) mass is 514 g/mol. The van der Waals surface area contributed by atoms with Gasteiger partial charge in [0.15, 0.2) is 0 Å². The van der Waals surface area contributed by atoms with Crippen LogP contribution in [0.5, 0.6) is 5.75 Å². The highest BCUT2D eigenvalue weighted by molar-refractivity contribution is 6.12. The number of methoxy groups -OCH3 is 1. The number of hydrogen-bond acceptors (Lipinski definition) is 4. The smallest absolute Gasteiger partial charge is 0.125 e. The first-order valence-corrected chi connectivity index (χ1v) is 14.0. The summed E-state index contributed by atoms with van der Waals surface area (Å²) >= 11 is 0. The first kappa shape index (κ1) is 24.2. The lowest BCUT2D eigenvalue weighted by Crippen LogP contribution is -2.35. The van der Waals surface area contributed by atoms with Crippen molar-refractivity contribution < 1.29 is 9.84 Å². The van der Waals surface area contributed by atoms with Crippen molar-refractivity contribution in [3.8, 4) is 5.75 Å². The minimum absolute atomic E-state index is 0.0360. The molecule has 4 heteroatoms. The third kappa shape index (κ3) is 4.25. The van der Waals surface area contributed by atoms with Crippen molar-refractivity contribution in [1.82, 2.24) is 4.90 Å². The molecule has 2 N–H and O–H groups in total. The summed E-state index contributed by atoms with van der Waals surface area (Å²) in [4.78, 5) is 2.65. The Morgan fingerprint density at radius 2 is 1.56 bits per heavy atom. The fraction of sp³-hybridized carbons (Fsp3) is 0.257. The zero-order valence-corrected chi connectivity index (χ0v) is 22.4. The van der Waals surface area contributed by atoms with Crippen LogP contribution in [0.2, 0.25) is 0 Å². The van der Waals surface area contributed by atoms with Gasteiger partial charge in [0.1, 0.15) is 5.75 Å². The topological polar surface area (TPSA) is 44.7 Å². The minimum Gasteiger partial charge on any atom is -0.496 e. The van der Waals surface area contributed by atoms with Gasteiger partial charge in [0, 0.05) is 23.8 Å². The van der Waals surface area contributed by atoms with Gasteiger partial charge in [0.05, 0.1) is 19.8 Å². The summed E-state index contributed by atoms with van der Waals surface area (Å²) in [5, 5.41) is 19.0. The van der Waals surface area contributed by atoms with Crippen molar-refractivity contribution in [1.29, 1.82) is 0 Å². The molecule has 2 heterocycles. The molecule has 5 aromatic carbocycles. The summed E-state index contributed by atoms with van der Waals surface area (Å²) in [6, 6.07) is 33.1. The van der Waals surface area contributed by atoms with Gasteiger partial charge in [0.25, 0.3) is 0 Å². The standard InChI is InChI=1S/C35H34N2O2/c1-39-34-20-32-29(17-25(34)22-38)30-18-26(14-15-28(30)31-19-27-13-8-16-37(27)21-33(31)32)36-35(23-9-4-2-5-10-23)24-11-6-3-7-12-24/h2-7,9-12,14-15,17-18,20,27,35-36,38H,8,13,16,19,21-22H2,1H3/t27-/m0/s1. The van der Waals surface area contributed by atoms with Gasteiger partial charge in [0.2, 0.25) is 0 Å². The number of aliphatic hydroxyl groups is 1. The Bertz CT molecular complexity index is 1610. The zero-order valence-electron chi connectivity index (χ0n) is 22.4. The molecule has 0 aliphatic carbocycles. The summed E-state index contributed by atoms with van der Waals surface area (Å²) in [5.41, 5.74) is 7.27. The van der Waals surface area contributed by atoms with Crippen molar-refractivity contribution in [2.75, 3.05) is 19.0 Å². The van der Waals surface area contributed by atoms with Crippen molar-refractivity contribution in [2.45, 2.75) is 44.5 Å². The highest BCUT2D eigenvalue weighted by Gasteiger charge is 2.32. The van der Waals surface area contributed by atoms with Gasteiger partial charge in [-0.05, 0) is 93.9 Å². The van der Waals surface area contributed by atoms with E-state index >= 15 is 0 Å². The molecule has 1 fully saturated rings. The molecule has 0 saturated carbocycles. The predicted molar refractivity (Wildman–Crippen MR) is 159 cm³/mol. The Morgan fingerprint density at radius 3 is 2.26 bits per heavy atom. The molecule has 0 unspecified atom stereocenters. The van der Waals surface area contributed by atoms with E-state index < -0.39 is 0 Å². The van der Waals surface area contributed by atoms with Gasteiger partial charge < -0.3 is 15.2 Å². The second-order valence-electron chi connectivity index (χ2n) is 11.0. The first-order valence-electron chi connectivity index (χ1n) is 14.0. The highest BCUT2D eigenvalue weighted by atomic mass is 16.5. The minimum atomic E-state index is -0.0477. The maximum Gasteiger partial charge on any atom is 0.125 e. The maximum atomic E-state index is 10.2. The highest BCUT2D eigenvalue weighted by Crippen LogP contribution is 2.43. The lowest BCUT2D eigenvalue weighted by molar-refractivity contribution is 0.229. The second kappa shape index (κ2) is 10.0. The van der Waals surface area contributed by atoms with E-state index in [1.165, 1.54) is 63.2 Å². The number of benzene rings is 5. The molecule has 1 saturated heterocycles. The predicted octanol–water partition coefficient (Wildman–Crippen LogP) is 7.22. The van der Waals surface area contributed by atoms with Crippen LogP contribution in [0.4, 0.5) is 5.69 Å². The lowest BCUT2D eigenvalue weighted by Gasteiger charge is -2.33. The van der Waals surface area contributed by atoms with Crippen LogP contribution in [-0.2, 0) is 19.6 Å². The zero-order chi connectivity index (χ0) is 26.3. The van der Waals surface area contributed by atoms with Crippen LogP contribution in [0.15, 0.2) is 91.0 Å². The van der Waals surface area contributed by atoms with E-state index in [9.17, 15) is 5.11 Å². The molecular weight excluding hydrogens is 480 g/mol. The summed E-state index contributed by atoms with van der Waals surface area (Å²) in [6.45, 7) is 2.12. The lowest BCUT2D eigenvalue weighted by atomic mass is 9.84. The van der Waals surface area contributed by atoms with Gasteiger partial charge in [-0.3, -0.25) is 4.90 Å². The van der Waals surface area contributed by atoms with E-state index in [1.807, 2.05) is 0 Å². The van der Waals surface area contributed by atoms with Gasteiger partial charge in [-0.15, -0.1) is 0 Å². The molecular formula is C35H34N2O2. The fourth-order valence-electron chi connectivity index (χ4n) is 6.86. The van der Waals surface area contributed by atoms with E-state index in [4.69, 9.17) is 4.74 Å². The molecule has 2 aliphatic heterocycles. The maximum absolute atomic E-state index is 10.2. The normalized spacial score (nSPS) is 16.9. The molecule has 196 valence electrons. The van der Waals surface area contributed by atoms with Gasteiger partial charge in [-0.2, -0.15) is 0 Å². The van der Waals surface area contributed by atoms with Crippen molar-refractivity contribution in [3.05, 3.63) is 119 Å². The Morgan fingerprint density at radius 1 is 0.846 bits per heavy atom. The number of fused-ring (bicyclic) bond motifs is 7. The first-order chi connectivity index (χ1) is 19.2. The van der Waals surface area contributed by atoms with Crippen LogP contribution < -0.4 is 10.1 Å². The Labute approximate surface area is 229 Å². The van der Waals surface area contributed by atoms with Gasteiger partial charge in [-0.1, -0.05) is 66.7 Å². The summed E-state index contributed by atoms with van der Waals surface area (Å²) in [7, 11) is 1.69. The van der Waals surface area contributed by atoms with E-state index in [1.54, 1.807) is 7.11 Å². The molecule has 1 atom stereocenters. The average Bonchev–Trinajstić information content (AvgIpc) is 3.47. The molecule has 5 aromatic rings. The number of nitrogens with one attached hydrogen (secondary N) is 1. The van der Waals surface area contributed by atoms with Crippen molar-refractivity contribution in [2.24, 2.45) is 0 Å². The molecule has 7 rings (SSSR count). The van der Waals surface area contributed by atoms with Crippen LogP contribution in [-0.4, -0.2) is 29.7 Å². The summed E-state index contributed by atoms with van der Waals surface area (Å²) in [6.07, 6.45) is 3.65. The number of rotatable bonds is 6. The van der Waals surface area contributed by atoms with Crippen LogP contribution in [0.3, 0.4) is 0 Å². The second-order valence-corrected chi connectivity index (χ2v) is 11.0. The van der Waals surface area contributed by atoms with E-state index in [2.05, 4.69) is 101 Å². The average molecular weight is 515 g/mol. The quantitative estimate of drug-likeness (QED) is 0.235. The third-order valence-electron chi connectivity index (χ3n) is 8.79. The van der Waals surface area contributed by atoms with Crippen LogP contribution in [0, 0.1) is 0 Å². The molecule has 2 aliphatic rings. The SMILES string of the molecule is COc1cc2c3c(c4ccc(NC(c5ccccc5)c5ccccc5)cc4c2cc1CO)C[C@@H]1CCCN1C3. The number of ether oxygens (including phenoxy) is 1. The Balaban J connectivity index is 1.41. The van der Waals surface area contributed by atoms with E-state index in [0.717, 1.165) is 30.0 Å². The largest absolute Gasteiger partial charge is 0.496 e. The van der Waals surface area contributed by atoms with Crippen LogP contribution >= 0.6 is 0 Å². The molecule has 0 radical (unpaired) electrons.